The van der Waals surface area contributed by atoms with Crippen LogP contribution in [0.2, 0.25) is 18.1 Å². The molecule has 0 radical (unpaired) electrons. The molecular formula is C25H33BrN2O3SSi. The van der Waals surface area contributed by atoms with Gasteiger partial charge in [-0.15, -0.1) is 0 Å². The minimum absolute atomic E-state index is 0.0689. The first-order valence-electron chi connectivity index (χ1n) is 10.9. The molecule has 1 heterocycles. The number of aromatic nitrogens is 2. The Kier molecular flexibility index (Phi) is 8.50. The molecule has 0 fully saturated rings. The van der Waals surface area contributed by atoms with Crippen molar-refractivity contribution >= 4 is 36.0 Å². The molecule has 0 aliphatic heterocycles. The molecule has 178 valence electrons. The first-order valence-corrected chi connectivity index (χ1v) is 15.4. The van der Waals surface area contributed by atoms with E-state index in [1.54, 1.807) is 18.9 Å². The monoisotopic (exact) mass is 548 g/mol. The van der Waals surface area contributed by atoms with E-state index in [4.69, 9.17) is 18.9 Å². The Balaban J connectivity index is 2.02. The largest absolute Gasteiger partial charge is 0.468 e. The summed E-state index contributed by atoms with van der Waals surface area (Å²) in [5.41, 5.74) is 2.06. The first kappa shape index (κ1) is 26.0. The van der Waals surface area contributed by atoms with Gasteiger partial charge in [-0.2, -0.15) is 0 Å². The minimum atomic E-state index is -2.10. The van der Waals surface area contributed by atoms with Gasteiger partial charge in [-0.25, -0.2) is 4.98 Å². The van der Waals surface area contributed by atoms with Crippen LogP contribution in [0.3, 0.4) is 0 Å². The summed E-state index contributed by atoms with van der Waals surface area (Å²) in [6, 6.07) is 18.3. The van der Waals surface area contributed by atoms with Crippen molar-refractivity contribution in [3.63, 3.8) is 0 Å². The Labute approximate surface area is 211 Å². The molecule has 1 unspecified atom stereocenters. The predicted molar refractivity (Wildman–Crippen MR) is 141 cm³/mol. The minimum Gasteiger partial charge on any atom is -0.468 e. The third-order valence-electron chi connectivity index (χ3n) is 6.00. The molecule has 0 aliphatic carbocycles. The number of hydrogen-bond donors (Lipinski definition) is 0. The standard InChI is InChI=1S/C25H33BrN2O3SSi/c1-25(2,3)33(6,7)31-22(18-13-15-19(16-14-18)30-17-29-5)21-23(26)27-24(28(21)4)32-20-11-9-8-10-12-20/h8-16,22H,17H2,1-7H3. The molecule has 0 amide bonds. The second-order valence-corrected chi connectivity index (χ2v) is 16.0. The van der Waals surface area contributed by atoms with Gasteiger partial charge in [0.05, 0.1) is 5.69 Å². The Hall–Kier alpha value is -1.58. The van der Waals surface area contributed by atoms with E-state index < -0.39 is 8.32 Å². The summed E-state index contributed by atoms with van der Waals surface area (Å²) in [4.78, 5) is 5.98. The molecule has 1 atom stereocenters. The summed E-state index contributed by atoms with van der Waals surface area (Å²) < 4.78 is 20.5. The van der Waals surface area contributed by atoms with E-state index in [9.17, 15) is 0 Å². The number of halogens is 1. The third kappa shape index (κ3) is 6.30. The number of benzene rings is 2. The van der Waals surface area contributed by atoms with Crippen LogP contribution in [-0.4, -0.2) is 31.8 Å². The number of imidazole rings is 1. The van der Waals surface area contributed by atoms with Crippen molar-refractivity contribution in [2.75, 3.05) is 13.9 Å². The number of nitrogens with zero attached hydrogens (tertiary/aromatic N) is 2. The van der Waals surface area contributed by atoms with Crippen LogP contribution in [0.5, 0.6) is 5.75 Å². The Morgan fingerprint density at radius 1 is 1.06 bits per heavy atom. The summed E-state index contributed by atoms with van der Waals surface area (Å²) in [6.07, 6.45) is -0.264. The van der Waals surface area contributed by atoms with Gasteiger partial charge in [0.1, 0.15) is 16.5 Å². The smallest absolute Gasteiger partial charge is 0.193 e. The number of rotatable bonds is 9. The maximum Gasteiger partial charge on any atom is 0.193 e. The molecule has 0 saturated carbocycles. The van der Waals surface area contributed by atoms with Crippen molar-refractivity contribution in [2.24, 2.45) is 7.05 Å². The second-order valence-electron chi connectivity index (χ2n) is 9.42. The number of ether oxygens (including phenoxy) is 2. The molecule has 0 saturated heterocycles. The van der Waals surface area contributed by atoms with Crippen molar-refractivity contribution in [1.29, 1.82) is 0 Å². The average molecular weight is 550 g/mol. The van der Waals surface area contributed by atoms with E-state index >= 15 is 0 Å². The first-order chi connectivity index (χ1) is 15.5. The van der Waals surface area contributed by atoms with Crippen molar-refractivity contribution in [1.82, 2.24) is 9.55 Å². The molecule has 0 spiro atoms. The summed E-state index contributed by atoms with van der Waals surface area (Å²) in [5, 5.41) is 0.978. The van der Waals surface area contributed by atoms with Crippen LogP contribution in [-0.2, 0) is 16.2 Å². The lowest BCUT2D eigenvalue weighted by atomic mass is 10.1. The molecule has 5 nitrogen and oxygen atoms in total. The van der Waals surface area contributed by atoms with E-state index in [0.29, 0.717) is 0 Å². The third-order valence-corrected chi connectivity index (χ3v) is 12.1. The fourth-order valence-electron chi connectivity index (χ4n) is 3.05. The Bertz CT molecular complexity index is 1050. The summed E-state index contributed by atoms with van der Waals surface area (Å²) in [5.74, 6) is 0.760. The highest BCUT2D eigenvalue weighted by Crippen LogP contribution is 2.44. The van der Waals surface area contributed by atoms with Crippen molar-refractivity contribution in [2.45, 2.75) is 55.1 Å². The molecule has 0 aliphatic rings. The highest BCUT2D eigenvalue weighted by molar-refractivity contribution is 9.10. The molecule has 0 N–H and O–H groups in total. The van der Waals surface area contributed by atoms with Crippen LogP contribution < -0.4 is 4.74 Å². The van der Waals surface area contributed by atoms with Gasteiger partial charge in [0.2, 0.25) is 0 Å². The lowest BCUT2D eigenvalue weighted by molar-refractivity contribution is 0.0511. The maximum absolute atomic E-state index is 6.99. The highest BCUT2D eigenvalue weighted by atomic mass is 79.9. The van der Waals surface area contributed by atoms with Gasteiger partial charge in [0, 0.05) is 19.1 Å². The van der Waals surface area contributed by atoms with Crippen LogP contribution in [0.4, 0.5) is 0 Å². The van der Waals surface area contributed by atoms with Gasteiger partial charge in [-0.3, -0.25) is 0 Å². The highest BCUT2D eigenvalue weighted by Gasteiger charge is 2.41. The van der Waals surface area contributed by atoms with Crippen LogP contribution in [0.15, 0.2) is 69.3 Å². The van der Waals surface area contributed by atoms with Crippen LogP contribution in [0.25, 0.3) is 0 Å². The zero-order chi connectivity index (χ0) is 24.2. The zero-order valence-electron chi connectivity index (χ0n) is 20.4. The van der Waals surface area contributed by atoms with Crippen molar-refractivity contribution in [3.05, 3.63) is 70.5 Å². The fraction of sp³-hybridized carbons (Fsp3) is 0.400. The van der Waals surface area contributed by atoms with E-state index in [2.05, 4.69) is 85.7 Å². The molecule has 1 aromatic heterocycles. The van der Waals surface area contributed by atoms with E-state index in [-0.39, 0.29) is 17.9 Å². The maximum atomic E-state index is 6.99. The number of hydrogen-bond acceptors (Lipinski definition) is 5. The molecule has 0 bridgehead atoms. The van der Waals surface area contributed by atoms with Crippen LogP contribution in [0.1, 0.15) is 38.1 Å². The van der Waals surface area contributed by atoms with Gasteiger partial charge >= 0.3 is 0 Å². The summed E-state index contributed by atoms with van der Waals surface area (Å²) in [6.45, 7) is 11.5. The van der Waals surface area contributed by atoms with E-state index in [0.717, 1.165) is 31.7 Å². The van der Waals surface area contributed by atoms with Gasteiger partial charge in [-0.05, 0) is 63.9 Å². The fourth-order valence-corrected chi connectivity index (χ4v) is 5.87. The lowest BCUT2D eigenvalue weighted by Crippen LogP contribution is -2.42. The predicted octanol–water partition coefficient (Wildman–Crippen LogP) is 7.43. The van der Waals surface area contributed by atoms with Crippen LogP contribution >= 0.6 is 27.7 Å². The Morgan fingerprint density at radius 3 is 2.27 bits per heavy atom. The van der Waals surface area contributed by atoms with E-state index in [1.807, 2.05) is 30.3 Å². The Morgan fingerprint density at radius 2 is 1.70 bits per heavy atom. The molecule has 2 aromatic carbocycles. The molecule has 33 heavy (non-hydrogen) atoms. The second kappa shape index (κ2) is 10.8. The molecule has 8 heteroatoms. The van der Waals surface area contributed by atoms with Crippen LogP contribution in [0, 0.1) is 0 Å². The quantitative estimate of drug-likeness (QED) is 0.205. The lowest BCUT2D eigenvalue weighted by Gasteiger charge is -2.39. The normalized spacial score (nSPS) is 13.2. The zero-order valence-corrected chi connectivity index (χ0v) is 23.8. The summed E-state index contributed by atoms with van der Waals surface area (Å²) in [7, 11) is 1.57. The SMILES string of the molecule is COCOc1ccc(C(O[Si](C)(C)C(C)(C)C)c2c(Br)nc(Sc3ccccc3)n2C)cc1. The topological polar surface area (TPSA) is 45.5 Å². The summed E-state index contributed by atoms with van der Waals surface area (Å²) >= 11 is 5.38. The molecular weight excluding hydrogens is 516 g/mol. The molecule has 3 rings (SSSR count). The number of methoxy groups -OCH3 is 1. The van der Waals surface area contributed by atoms with Crippen molar-refractivity contribution < 1.29 is 13.9 Å². The van der Waals surface area contributed by atoms with Gasteiger partial charge in [-0.1, -0.05) is 62.9 Å². The average Bonchev–Trinajstić information content (AvgIpc) is 3.03. The molecule has 3 aromatic rings. The van der Waals surface area contributed by atoms with Gasteiger partial charge in [0.25, 0.3) is 0 Å². The van der Waals surface area contributed by atoms with E-state index in [1.165, 1.54) is 0 Å². The van der Waals surface area contributed by atoms with Gasteiger partial charge < -0.3 is 18.5 Å². The van der Waals surface area contributed by atoms with Gasteiger partial charge in [0.15, 0.2) is 20.3 Å². The van der Waals surface area contributed by atoms with Crippen molar-refractivity contribution in [3.8, 4) is 5.75 Å².